The average Bonchev–Trinajstić information content (AvgIpc) is 2.53. The maximum absolute atomic E-state index is 5.85. The third-order valence-electron chi connectivity index (χ3n) is 3.87. The summed E-state index contributed by atoms with van der Waals surface area (Å²) in [6.07, 6.45) is 0. The minimum atomic E-state index is 0. The maximum atomic E-state index is 5.85. The van der Waals surface area contributed by atoms with Crippen LogP contribution in [0.1, 0.15) is 11.1 Å². The van der Waals surface area contributed by atoms with Crippen molar-refractivity contribution in [2.24, 2.45) is 5.73 Å². The highest BCUT2D eigenvalue weighted by atomic mass is 35.5. The molecule has 4 N–H and O–H groups in total. The highest BCUT2D eigenvalue weighted by Crippen LogP contribution is 2.29. The lowest BCUT2D eigenvalue weighted by Crippen LogP contribution is -2.00. The lowest BCUT2D eigenvalue weighted by Gasteiger charge is -2.11. The summed E-state index contributed by atoms with van der Waals surface area (Å²) in [6.45, 7) is 2.48. The number of rotatable bonds is 3. The standard InChI is InChI=1S/C18H19N3O.2ClH/c1-11-7-18(20)21-16-9-13(3-5-15(11)16)12-4-6-17(22-2)14(8-12)10-19;;/h3-9H,10,19H2,1-2H3,(H2,20,21);2*1H. The van der Waals surface area contributed by atoms with Gasteiger partial charge >= 0.3 is 0 Å². The lowest BCUT2D eigenvalue weighted by molar-refractivity contribution is 0.410. The maximum Gasteiger partial charge on any atom is 0.124 e. The number of benzene rings is 2. The summed E-state index contributed by atoms with van der Waals surface area (Å²) >= 11 is 0. The minimum absolute atomic E-state index is 0. The van der Waals surface area contributed by atoms with E-state index in [9.17, 15) is 0 Å². The number of ether oxygens (including phenoxy) is 1. The molecular weight excluding hydrogens is 345 g/mol. The average molecular weight is 366 g/mol. The number of nitrogens with two attached hydrogens (primary N) is 2. The van der Waals surface area contributed by atoms with Gasteiger partial charge in [0.05, 0.1) is 12.6 Å². The Morgan fingerprint density at radius 1 is 1.00 bits per heavy atom. The first kappa shape index (κ1) is 20.0. The quantitative estimate of drug-likeness (QED) is 0.732. The normalized spacial score (nSPS) is 9.96. The molecule has 128 valence electrons. The highest BCUT2D eigenvalue weighted by molar-refractivity contribution is 5.88. The van der Waals surface area contributed by atoms with Gasteiger partial charge in [0.25, 0.3) is 0 Å². The Morgan fingerprint density at radius 2 is 1.67 bits per heavy atom. The van der Waals surface area contributed by atoms with E-state index in [0.717, 1.165) is 38.9 Å². The minimum Gasteiger partial charge on any atom is -0.496 e. The van der Waals surface area contributed by atoms with Crippen LogP contribution in [0.3, 0.4) is 0 Å². The Hall–Kier alpha value is -2.01. The molecule has 0 spiro atoms. The molecule has 3 rings (SSSR count). The Balaban J connectivity index is 0.00000144. The van der Waals surface area contributed by atoms with Crippen LogP contribution in [0.5, 0.6) is 5.75 Å². The summed E-state index contributed by atoms with van der Waals surface area (Å²) in [6, 6.07) is 14.1. The molecule has 0 bridgehead atoms. The van der Waals surface area contributed by atoms with Gasteiger partial charge in [-0.2, -0.15) is 0 Å². The largest absolute Gasteiger partial charge is 0.496 e. The summed E-state index contributed by atoms with van der Waals surface area (Å²) in [5.74, 6) is 1.35. The molecule has 0 aliphatic rings. The van der Waals surface area contributed by atoms with Crippen LogP contribution in [0.4, 0.5) is 5.82 Å². The van der Waals surface area contributed by atoms with E-state index in [4.69, 9.17) is 16.2 Å². The summed E-state index contributed by atoms with van der Waals surface area (Å²) in [4.78, 5) is 4.43. The molecule has 0 saturated heterocycles. The van der Waals surface area contributed by atoms with Crippen LogP contribution >= 0.6 is 24.8 Å². The fourth-order valence-electron chi connectivity index (χ4n) is 2.73. The van der Waals surface area contributed by atoms with Crippen molar-refractivity contribution < 1.29 is 4.74 Å². The van der Waals surface area contributed by atoms with E-state index < -0.39 is 0 Å². The van der Waals surface area contributed by atoms with Gasteiger partial charge in [0, 0.05) is 17.5 Å². The number of halogens is 2. The number of methoxy groups -OCH3 is 1. The second-order valence-corrected chi connectivity index (χ2v) is 5.33. The molecule has 1 heterocycles. The van der Waals surface area contributed by atoms with Crippen LogP contribution in [0.2, 0.25) is 0 Å². The topological polar surface area (TPSA) is 74.2 Å². The Kier molecular flexibility index (Phi) is 6.84. The number of hydrogen-bond acceptors (Lipinski definition) is 4. The van der Waals surface area contributed by atoms with Crippen molar-refractivity contribution in [2.75, 3.05) is 12.8 Å². The number of nitrogen functional groups attached to an aromatic ring is 1. The first-order valence-corrected chi connectivity index (χ1v) is 7.16. The van der Waals surface area contributed by atoms with Crippen LogP contribution in [0, 0.1) is 6.92 Å². The number of aryl methyl sites for hydroxylation is 1. The molecular formula is C18H21Cl2N3O. The van der Waals surface area contributed by atoms with Gasteiger partial charge < -0.3 is 16.2 Å². The molecule has 1 aromatic heterocycles. The van der Waals surface area contributed by atoms with Crippen LogP contribution in [0.25, 0.3) is 22.0 Å². The molecule has 24 heavy (non-hydrogen) atoms. The van der Waals surface area contributed by atoms with E-state index in [0.29, 0.717) is 12.4 Å². The second kappa shape index (κ2) is 8.20. The summed E-state index contributed by atoms with van der Waals surface area (Å²) < 4.78 is 5.32. The van der Waals surface area contributed by atoms with E-state index in [-0.39, 0.29) is 24.8 Å². The van der Waals surface area contributed by atoms with E-state index >= 15 is 0 Å². The summed E-state index contributed by atoms with van der Waals surface area (Å²) in [5, 5.41) is 1.12. The SMILES string of the molecule is COc1ccc(-c2ccc3c(C)cc(N)nc3c2)cc1CN.Cl.Cl. The fraction of sp³-hybridized carbons (Fsp3) is 0.167. The summed E-state index contributed by atoms with van der Waals surface area (Å²) in [7, 11) is 1.65. The fourth-order valence-corrected chi connectivity index (χ4v) is 2.73. The molecule has 3 aromatic rings. The number of nitrogens with zero attached hydrogens (tertiary/aromatic N) is 1. The molecule has 0 radical (unpaired) electrons. The Labute approximate surface area is 154 Å². The highest BCUT2D eigenvalue weighted by Gasteiger charge is 2.07. The smallest absolute Gasteiger partial charge is 0.124 e. The molecule has 0 fully saturated rings. The zero-order chi connectivity index (χ0) is 15.7. The zero-order valence-corrected chi connectivity index (χ0v) is 15.2. The lowest BCUT2D eigenvalue weighted by atomic mass is 9.99. The van der Waals surface area contributed by atoms with Gasteiger partial charge in [0.15, 0.2) is 0 Å². The van der Waals surface area contributed by atoms with Gasteiger partial charge in [-0.15, -0.1) is 24.8 Å². The number of hydrogen-bond donors (Lipinski definition) is 2. The molecule has 0 unspecified atom stereocenters. The first-order chi connectivity index (χ1) is 10.6. The van der Waals surface area contributed by atoms with Crippen LogP contribution in [-0.2, 0) is 6.54 Å². The zero-order valence-electron chi connectivity index (χ0n) is 13.6. The molecule has 0 atom stereocenters. The van der Waals surface area contributed by atoms with Crippen molar-refractivity contribution in [3.05, 3.63) is 53.6 Å². The molecule has 0 saturated carbocycles. The van der Waals surface area contributed by atoms with Gasteiger partial charge in [-0.05, 0) is 47.9 Å². The number of anilines is 1. The number of aromatic nitrogens is 1. The van der Waals surface area contributed by atoms with Crippen molar-refractivity contribution in [1.29, 1.82) is 0 Å². The predicted octanol–water partition coefficient (Wildman–Crippen LogP) is 4.10. The van der Waals surface area contributed by atoms with E-state index in [1.165, 1.54) is 0 Å². The molecule has 4 nitrogen and oxygen atoms in total. The van der Waals surface area contributed by atoms with E-state index in [1.54, 1.807) is 7.11 Å². The molecule has 0 amide bonds. The van der Waals surface area contributed by atoms with Crippen molar-refractivity contribution >= 4 is 41.5 Å². The Bertz CT molecular complexity index is 853. The molecule has 0 aliphatic heterocycles. The molecule has 6 heteroatoms. The van der Waals surface area contributed by atoms with Gasteiger partial charge in [0.1, 0.15) is 11.6 Å². The predicted molar refractivity (Wildman–Crippen MR) is 105 cm³/mol. The van der Waals surface area contributed by atoms with Crippen LogP contribution in [-0.4, -0.2) is 12.1 Å². The van der Waals surface area contributed by atoms with Gasteiger partial charge in [0.2, 0.25) is 0 Å². The van der Waals surface area contributed by atoms with Gasteiger partial charge in [-0.1, -0.05) is 18.2 Å². The second-order valence-electron chi connectivity index (χ2n) is 5.33. The van der Waals surface area contributed by atoms with E-state index in [1.807, 2.05) is 25.1 Å². The van der Waals surface area contributed by atoms with Crippen molar-refractivity contribution in [1.82, 2.24) is 4.98 Å². The van der Waals surface area contributed by atoms with Gasteiger partial charge in [-0.25, -0.2) is 4.98 Å². The third-order valence-corrected chi connectivity index (χ3v) is 3.87. The number of pyridine rings is 1. The van der Waals surface area contributed by atoms with Crippen LogP contribution < -0.4 is 16.2 Å². The van der Waals surface area contributed by atoms with Crippen LogP contribution in [0.15, 0.2) is 42.5 Å². The van der Waals surface area contributed by atoms with Crippen molar-refractivity contribution in [3.8, 4) is 16.9 Å². The Morgan fingerprint density at radius 3 is 2.33 bits per heavy atom. The molecule has 0 aliphatic carbocycles. The summed E-state index contributed by atoms with van der Waals surface area (Å²) in [5.41, 5.74) is 16.8. The van der Waals surface area contributed by atoms with Crippen molar-refractivity contribution in [2.45, 2.75) is 13.5 Å². The third kappa shape index (κ3) is 3.73. The molecule has 2 aromatic carbocycles. The monoisotopic (exact) mass is 365 g/mol. The van der Waals surface area contributed by atoms with E-state index in [2.05, 4.69) is 29.2 Å². The van der Waals surface area contributed by atoms with Crippen molar-refractivity contribution in [3.63, 3.8) is 0 Å². The first-order valence-electron chi connectivity index (χ1n) is 7.16. The van der Waals surface area contributed by atoms with Gasteiger partial charge in [-0.3, -0.25) is 0 Å². The number of fused-ring (bicyclic) bond motifs is 1.